The molecule has 0 heterocycles. The predicted octanol–water partition coefficient (Wildman–Crippen LogP) is 3.46. The van der Waals surface area contributed by atoms with Gasteiger partial charge in [-0.3, -0.25) is 4.79 Å². The van der Waals surface area contributed by atoms with Crippen molar-refractivity contribution in [3.05, 3.63) is 40.1 Å². The molecule has 0 unspecified atom stereocenters. The topological polar surface area (TPSA) is 52.3 Å². The molecule has 0 saturated carbocycles. The highest BCUT2D eigenvalue weighted by Crippen LogP contribution is 2.36. The van der Waals surface area contributed by atoms with Crippen molar-refractivity contribution in [2.75, 3.05) is 6.61 Å². The Bertz CT molecular complexity index is 512. The van der Waals surface area contributed by atoms with Gasteiger partial charge in [0, 0.05) is 5.56 Å². The summed E-state index contributed by atoms with van der Waals surface area (Å²) in [5.41, 5.74) is 3.96. The summed E-state index contributed by atoms with van der Waals surface area (Å²) in [6, 6.07) is 1.66. The zero-order valence-electron chi connectivity index (χ0n) is 9.92. The van der Waals surface area contributed by atoms with Crippen LogP contribution in [0.3, 0.4) is 0 Å². The lowest BCUT2D eigenvalue weighted by Gasteiger charge is -2.12. The van der Waals surface area contributed by atoms with Gasteiger partial charge in [0.05, 0.1) is 23.5 Å². The van der Waals surface area contributed by atoms with Crippen molar-refractivity contribution < 1.29 is 22.7 Å². The Hall–Kier alpha value is -1.69. The lowest BCUT2D eigenvalue weighted by Crippen LogP contribution is -2.15. The maximum atomic E-state index is 12.7. The molecule has 1 rings (SSSR count). The number of alkyl halides is 3. The molecule has 0 atom stereocenters. The van der Waals surface area contributed by atoms with Crippen LogP contribution in [-0.2, 0) is 10.9 Å². The van der Waals surface area contributed by atoms with E-state index in [2.05, 4.69) is 0 Å². The molecule has 19 heavy (non-hydrogen) atoms. The third kappa shape index (κ3) is 3.89. The molecule has 7 heteroatoms. The Morgan fingerprint density at radius 1 is 1.47 bits per heavy atom. The van der Waals surface area contributed by atoms with Gasteiger partial charge < -0.3 is 10.5 Å². The second-order valence-electron chi connectivity index (χ2n) is 3.54. The standard InChI is InChI=1S/C12H11ClF3NO2/c1-2-19-4-3-7-5-9(12(14,15)16)10(13)6-8(7)11(17)18/h3-6H,2H2,1H3,(H2,17,18)/b4-3+. The van der Waals surface area contributed by atoms with Crippen molar-refractivity contribution in [2.45, 2.75) is 13.1 Å². The number of nitrogens with two attached hydrogens (primary N) is 1. The van der Waals surface area contributed by atoms with E-state index in [1.807, 2.05) is 0 Å². The molecule has 1 aromatic rings. The third-order valence-electron chi connectivity index (χ3n) is 2.22. The number of hydrogen-bond donors (Lipinski definition) is 1. The zero-order valence-corrected chi connectivity index (χ0v) is 10.7. The molecular formula is C12H11ClF3NO2. The highest BCUT2D eigenvalue weighted by atomic mass is 35.5. The first-order valence-electron chi connectivity index (χ1n) is 5.26. The molecule has 0 fully saturated rings. The Balaban J connectivity index is 3.36. The molecular weight excluding hydrogens is 283 g/mol. The number of rotatable bonds is 4. The van der Waals surface area contributed by atoms with E-state index in [0.717, 1.165) is 12.1 Å². The molecule has 0 aliphatic heterocycles. The molecule has 0 aliphatic carbocycles. The number of carbonyl (C=O) groups is 1. The van der Waals surface area contributed by atoms with E-state index in [4.69, 9.17) is 22.1 Å². The van der Waals surface area contributed by atoms with Gasteiger partial charge in [-0.25, -0.2) is 0 Å². The minimum atomic E-state index is -4.61. The summed E-state index contributed by atoms with van der Waals surface area (Å²) in [5.74, 6) is -0.869. The minimum Gasteiger partial charge on any atom is -0.501 e. The van der Waals surface area contributed by atoms with Gasteiger partial charge in [-0.2, -0.15) is 13.2 Å². The van der Waals surface area contributed by atoms with Crippen molar-refractivity contribution >= 4 is 23.6 Å². The van der Waals surface area contributed by atoms with Crippen molar-refractivity contribution in [1.82, 2.24) is 0 Å². The number of halogens is 4. The van der Waals surface area contributed by atoms with E-state index < -0.39 is 22.7 Å². The van der Waals surface area contributed by atoms with Crippen molar-refractivity contribution in [3.8, 4) is 0 Å². The van der Waals surface area contributed by atoms with Crippen LogP contribution in [0.2, 0.25) is 5.02 Å². The second-order valence-corrected chi connectivity index (χ2v) is 3.95. The molecule has 0 radical (unpaired) electrons. The number of primary amides is 1. The van der Waals surface area contributed by atoms with Crippen molar-refractivity contribution in [3.63, 3.8) is 0 Å². The SMILES string of the molecule is CCO/C=C/c1cc(C(F)(F)F)c(Cl)cc1C(N)=O. The number of carbonyl (C=O) groups excluding carboxylic acids is 1. The number of ether oxygens (including phenoxy) is 1. The maximum Gasteiger partial charge on any atom is 0.417 e. The zero-order chi connectivity index (χ0) is 14.6. The van der Waals surface area contributed by atoms with E-state index in [1.165, 1.54) is 12.3 Å². The van der Waals surface area contributed by atoms with E-state index in [0.29, 0.717) is 6.61 Å². The van der Waals surface area contributed by atoms with Gasteiger partial charge in [0.15, 0.2) is 0 Å². The summed E-state index contributed by atoms with van der Waals surface area (Å²) in [6.45, 7) is 2.06. The molecule has 1 amide bonds. The first kappa shape index (κ1) is 15.4. The van der Waals surface area contributed by atoms with E-state index >= 15 is 0 Å². The van der Waals surface area contributed by atoms with Gasteiger partial charge in [-0.05, 0) is 30.7 Å². The average molecular weight is 294 g/mol. The fourth-order valence-corrected chi connectivity index (χ4v) is 1.65. The summed E-state index contributed by atoms with van der Waals surface area (Å²) >= 11 is 5.51. The van der Waals surface area contributed by atoms with Gasteiger partial charge in [0.25, 0.3) is 0 Å². The van der Waals surface area contributed by atoms with Gasteiger partial charge in [-0.1, -0.05) is 11.6 Å². The maximum absolute atomic E-state index is 12.7. The number of hydrogen-bond acceptors (Lipinski definition) is 2. The Labute approximate surface area is 112 Å². The Morgan fingerprint density at radius 2 is 2.11 bits per heavy atom. The Kier molecular flexibility index (Phi) is 4.83. The molecule has 0 bridgehead atoms. The fraction of sp³-hybridized carbons (Fsp3) is 0.250. The molecule has 1 aromatic carbocycles. The van der Waals surface area contributed by atoms with E-state index in [-0.39, 0.29) is 11.1 Å². The lowest BCUT2D eigenvalue weighted by molar-refractivity contribution is -0.137. The average Bonchev–Trinajstić information content (AvgIpc) is 2.29. The fourth-order valence-electron chi connectivity index (χ4n) is 1.38. The van der Waals surface area contributed by atoms with Crippen LogP contribution in [0, 0.1) is 0 Å². The molecule has 0 spiro atoms. The van der Waals surface area contributed by atoms with Crippen LogP contribution >= 0.6 is 11.6 Å². The van der Waals surface area contributed by atoms with Crippen LogP contribution in [0.25, 0.3) is 6.08 Å². The molecule has 2 N–H and O–H groups in total. The number of benzene rings is 1. The Morgan fingerprint density at radius 3 is 2.58 bits per heavy atom. The normalized spacial score (nSPS) is 11.8. The van der Waals surface area contributed by atoms with Gasteiger partial charge in [0.2, 0.25) is 5.91 Å². The highest BCUT2D eigenvalue weighted by Gasteiger charge is 2.34. The second kappa shape index (κ2) is 5.97. The molecule has 0 aliphatic rings. The summed E-state index contributed by atoms with van der Waals surface area (Å²) in [7, 11) is 0. The summed E-state index contributed by atoms with van der Waals surface area (Å²) < 4.78 is 43.0. The monoisotopic (exact) mass is 293 g/mol. The first-order valence-corrected chi connectivity index (χ1v) is 5.63. The quantitative estimate of drug-likeness (QED) is 0.864. The molecule has 104 valence electrons. The van der Waals surface area contributed by atoms with Gasteiger partial charge in [-0.15, -0.1) is 0 Å². The summed E-state index contributed by atoms with van der Waals surface area (Å²) in [6.07, 6.45) is -2.19. The summed E-state index contributed by atoms with van der Waals surface area (Å²) in [4.78, 5) is 11.2. The van der Waals surface area contributed by atoms with Crippen LogP contribution in [0.15, 0.2) is 18.4 Å². The van der Waals surface area contributed by atoms with Crippen molar-refractivity contribution in [2.24, 2.45) is 5.73 Å². The predicted molar refractivity (Wildman–Crippen MR) is 65.6 cm³/mol. The van der Waals surface area contributed by atoms with Crippen LogP contribution in [-0.4, -0.2) is 12.5 Å². The van der Waals surface area contributed by atoms with Gasteiger partial charge in [0.1, 0.15) is 0 Å². The lowest BCUT2D eigenvalue weighted by atomic mass is 10.0. The van der Waals surface area contributed by atoms with Crippen LogP contribution in [0.5, 0.6) is 0 Å². The smallest absolute Gasteiger partial charge is 0.417 e. The third-order valence-corrected chi connectivity index (χ3v) is 2.53. The highest BCUT2D eigenvalue weighted by molar-refractivity contribution is 6.32. The van der Waals surface area contributed by atoms with Crippen molar-refractivity contribution in [1.29, 1.82) is 0 Å². The molecule has 0 saturated heterocycles. The number of amides is 1. The van der Waals surface area contributed by atoms with Gasteiger partial charge >= 0.3 is 6.18 Å². The molecule has 3 nitrogen and oxygen atoms in total. The first-order chi connectivity index (χ1) is 8.77. The van der Waals surface area contributed by atoms with E-state index in [1.54, 1.807) is 6.92 Å². The summed E-state index contributed by atoms with van der Waals surface area (Å²) in [5, 5.41) is -0.574. The van der Waals surface area contributed by atoms with Crippen LogP contribution in [0.4, 0.5) is 13.2 Å². The molecule has 0 aromatic heterocycles. The minimum absolute atomic E-state index is 0.00215. The van der Waals surface area contributed by atoms with Crippen LogP contribution < -0.4 is 5.73 Å². The van der Waals surface area contributed by atoms with E-state index in [9.17, 15) is 18.0 Å². The largest absolute Gasteiger partial charge is 0.501 e. The van der Waals surface area contributed by atoms with Crippen LogP contribution in [0.1, 0.15) is 28.4 Å².